The fourth-order valence-corrected chi connectivity index (χ4v) is 0.829. The Morgan fingerprint density at radius 2 is 1.14 bits per heavy atom. The van der Waals surface area contributed by atoms with Crippen molar-refractivity contribution >= 4 is 0 Å². The van der Waals surface area contributed by atoms with Gasteiger partial charge in [0, 0.05) is 0 Å². The van der Waals surface area contributed by atoms with E-state index in [1.54, 1.807) is 0 Å². The van der Waals surface area contributed by atoms with E-state index in [0.29, 0.717) is 5.41 Å². The van der Waals surface area contributed by atoms with Crippen LogP contribution in [-0.2, 0) is 4.74 Å². The fourth-order valence-electron chi connectivity index (χ4n) is 0.829. The average molecular weight is 200 g/mol. The van der Waals surface area contributed by atoms with Crippen LogP contribution in [0.15, 0.2) is 0 Å². The van der Waals surface area contributed by atoms with Crippen molar-refractivity contribution in [1.29, 1.82) is 0 Å². The van der Waals surface area contributed by atoms with Crippen LogP contribution in [0, 0.1) is 16.2 Å². The molecule has 0 radical (unpaired) electrons. The molecule has 1 heteroatoms. The highest BCUT2D eigenvalue weighted by atomic mass is 16.5. The van der Waals surface area contributed by atoms with E-state index < -0.39 is 0 Å². The van der Waals surface area contributed by atoms with Gasteiger partial charge in [0.05, 0.1) is 13.2 Å². The van der Waals surface area contributed by atoms with E-state index in [1.807, 2.05) is 0 Å². The van der Waals surface area contributed by atoms with Crippen LogP contribution in [0.2, 0.25) is 0 Å². The molecule has 0 aliphatic heterocycles. The topological polar surface area (TPSA) is 9.23 Å². The Morgan fingerprint density at radius 3 is 1.43 bits per heavy atom. The summed E-state index contributed by atoms with van der Waals surface area (Å²) < 4.78 is 5.79. The second kappa shape index (κ2) is 4.22. The smallest absolute Gasteiger partial charge is 0.0522 e. The molecular weight excluding hydrogens is 172 g/mol. The number of hydrogen-bond donors (Lipinski definition) is 0. The Hall–Kier alpha value is -0.0400. The molecule has 1 nitrogen and oxygen atoms in total. The highest BCUT2D eigenvalue weighted by molar-refractivity contribution is 4.82. The van der Waals surface area contributed by atoms with E-state index in [4.69, 9.17) is 4.74 Å². The van der Waals surface area contributed by atoms with Crippen molar-refractivity contribution in [3.05, 3.63) is 0 Å². The molecule has 14 heavy (non-hydrogen) atoms. The van der Waals surface area contributed by atoms with Gasteiger partial charge < -0.3 is 4.74 Å². The molecule has 0 N–H and O–H groups in total. The molecule has 0 aromatic rings. The summed E-state index contributed by atoms with van der Waals surface area (Å²) >= 11 is 0. The predicted molar refractivity (Wildman–Crippen MR) is 63.5 cm³/mol. The Labute approximate surface area is 90.2 Å². The van der Waals surface area contributed by atoms with Crippen molar-refractivity contribution in [2.45, 2.75) is 55.4 Å². The molecule has 0 spiro atoms. The molecule has 0 aromatic heterocycles. The monoisotopic (exact) mass is 200 g/mol. The summed E-state index contributed by atoms with van der Waals surface area (Å²) in [4.78, 5) is 0. The quantitative estimate of drug-likeness (QED) is 0.666. The Balaban J connectivity index is 4.02. The Morgan fingerprint density at radius 1 is 0.714 bits per heavy atom. The molecule has 0 saturated heterocycles. The van der Waals surface area contributed by atoms with Gasteiger partial charge in [-0.2, -0.15) is 0 Å². The molecule has 0 aliphatic rings. The highest BCUT2D eigenvalue weighted by Crippen LogP contribution is 2.38. The van der Waals surface area contributed by atoms with Crippen LogP contribution >= 0.6 is 0 Å². The first-order valence-electron chi connectivity index (χ1n) is 5.53. The van der Waals surface area contributed by atoms with Gasteiger partial charge in [0.2, 0.25) is 0 Å². The Kier molecular flexibility index (Phi) is 4.21. The van der Waals surface area contributed by atoms with Gasteiger partial charge in [-0.1, -0.05) is 55.4 Å². The van der Waals surface area contributed by atoms with E-state index in [2.05, 4.69) is 55.4 Å². The maximum Gasteiger partial charge on any atom is 0.0522 e. The van der Waals surface area contributed by atoms with Gasteiger partial charge in [0.15, 0.2) is 0 Å². The summed E-state index contributed by atoms with van der Waals surface area (Å²) in [6, 6.07) is 0. The number of hydrogen-bond acceptors (Lipinski definition) is 1. The molecular formula is C13H28O. The molecule has 0 rings (SSSR count). The summed E-state index contributed by atoms with van der Waals surface area (Å²) in [5.41, 5.74) is 0.803. The van der Waals surface area contributed by atoms with E-state index >= 15 is 0 Å². The van der Waals surface area contributed by atoms with Crippen LogP contribution in [0.4, 0.5) is 0 Å². The lowest BCUT2D eigenvalue weighted by molar-refractivity contribution is -0.0243. The molecule has 0 aliphatic carbocycles. The van der Waals surface area contributed by atoms with Gasteiger partial charge in [-0.15, -0.1) is 0 Å². The third-order valence-corrected chi connectivity index (χ3v) is 3.03. The van der Waals surface area contributed by atoms with Crippen LogP contribution in [0.5, 0.6) is 0 Å². The zero-order chi connectivity index (χ0) is 11.6. The number of ether oxygens (including phenoxy) is 1. The van der Waals surface area contributed by atoms with Crippen LogP contribution in [0.25, 0.3) is 0 Å². The van der Waals surface area contributed by atoms with Crippen molar-refractivity contribution < 1.29 is 4.74 Å². The maximum absolute atomic E-state index is 5.79. The normalized spacial score (nSPS) is 14.6. The summed E-state index contributed by atoms with van der Waals surface area (Å²) in [7, 11) is 0. The maximum atomic E-state index is 5.79. The van der Waals surface area contributed by atoms with Gasteiger partial charge in [0.1, 0.15) is 0 Å². The van der Waals surface area contributed by atoms with Crippen molar-refractivity contribution in [1.82, 2.24) is 0 Å². The fraction of sp³-hybridized carbons (Fsp3) is 1.00. The first kappa shape index (κ1) is 14.0. The minimum Gasteiger partial charge on any atom is -0.380 e. The van der Waals surface area contributed by atoms with Crippen LogP contribution in [0.3, 0.4) is 0 Å². The summed E-state index contributed by atoms with van der Waals surface area (Å²) in [6.45, 7) is 19.7. The van der Waals surface area contributed by atoms with Crippen LogP contribution in [-0.4, -0.2) is 13.2 Å². The lowest BCUT2D eigenvalue weighted by Crippen LogP contribution is -2.35. The van der Waals surface area contributed by atoms with Gasteiger partial charge in [-0.05, 0) is 16.2 Å². The standard InChI is InChI=1S/C13H28O/c1-11(2,3)9-14-10-13(7,8)12(4,5)6/h9-10H2,1-8H3. The number of rotatable bonds is 3. The third kappa shape index (κ3) is 4.99. The first-order valence-corrected chi connectivity index (χ1v) is 5.53. The molecule has 0 fully saturated rings. The molecule has 0 heterocycles. The molecule has 0 bridgehead atoms. The molecule has 0 saturated carbocycles. The predicted octanol–water partition coefficient (Wildman–Crippen LogP) is 4.12. The SMILES string of the molecule is CC(C)(C)COCC(C)(C)C(C)(C)C. The zero-order valence-corrected chi connectivity index (χ0v) is 11.3. The molecule has 86 valence electrons. The van der Waals surface area contributed by atoms with Crippen molar-refractivity contribution in [2.24, 2.45) is 16.2 Å². The molecule has 0 atom stereocenters. The van der Waals surface area contributed by atoms with Gasteiger partial charge in [-0.3, -0.25) is 0 Å². The second-order valence-corrected chi connectivity index (χ2v) is 7.19. The van der Waals surface area contributed by atoms with Crippen molar-refractivity contribution in [2.75, 3.05) is 13.2 Å². The summed E-state index contributed by atoms with van der Waals surface area (Å²) in [6.07, 6.45) is 0. The highest BCUT2D eigenvalue weighted by Gasteiger charge is 2.33. The molecule has 0 unspecified atom stereocenters. The zero-order valence-electron chi connectivity index (χ0n) is 11.3. The molecule has 0 aromatic carbocycles. The first-order chi connectivity index (χ1) is 5.96. The van der Waals surface area contributed by atoms with Crippen LogP contribution in [0.1, 0.15) is 55.4 Å². The molecule has 0 amide bonds. The van der Waals surface area contributed by atoms with Gasteiger partial charge >= 0.3 is 0 Å². The lowest BCUT2D eigenvalue weighted by Gasteiger charge is -2.39. The Bertz CT molecular complexity index is 167. The van der Waals surface area contributed by atoms with Gasteiger partial charge in [0.25, 0.3) is 0 Å². The largest absolute Gasteiger partial charge is 0.380 e. The van der Waals surface area contributed by atoms with Crippen molar-refractivity contribution in [3.63, 3.8) is 0 Å². The van der Waals surface area contributed by atoms with Crippen molar-refractivity contribution in [3.8, 4) is 0 Å². The van der Waals surface area contributed by atoms with E-state index in [1.165, 1.54) is 0 Å². The minimum atomic E-state index is 0.234. The average Bonchev–Trinajstić information content (AvgIpc) is 1.80. The summed E-state index contributed by atoms with van der Waals surface area (Å²) in [5.74, 6) is 0. The van der Waals surface area contributed by atoms with E-state index in [-0.39, 0.29) is 10.8 Å². The van der Waals surface area contributed by atoms with Crippen LogP contribution < -0.4 is 0 Å². The minimum absolute atomic E-state index is 0.234. The second-order valence-electron chi connectivity index (χ2n) is 7.19. The van der Waals surface area contributed by atoms with E-state index in [9.17, 15) is 0 Å². The van der Waals surface area contributed by atoms with Gasteiger partial charge in [-0.25, -0.2) is 0 Å². The third-order valence-electron chi connectivity index (χ3n) is 3.03. The summed E-state index contributed by atoms with van der Waals surface area (Å²) in [5, 5.41) is 0. The lowest BCUT2D eigenvalue weighted by atomic mass is 9.70. The van der Waals surface area contributed by atoms with E-state index in [0.717, 1.165) is 13.2 Å².